The van der Waals surface area contributed by atoms with Crippen molar-refractivity contribution in [2.75, 3.05) is 0 Å². The average Bonchev–Trinajstić information content (AvgIpc) is 2.39. The number of hydrogen-bond acceptors (Lipinski definition) is 4. The van der Waals surface area contributed by atoms with Crippen molar-refractivity contribution < 1.29 is 39.6 Å². The summed E-state index contributed by atoms with van der Waals surface area (Å²) in [6.07, 6.45) is 4.09. The van der Waals surface area contributed by atoms with E-state index in [4.69, 9.17) is 20.4 Å². The van der Waals surface area contributed by atoms with E-state index in [-0.39, 0.29) is 24.8 Å². The van der Waals surface area contributed by atoms with Gasteiger partial charge in [0.25, 0.3) is 0 Å². The van der Waals surface area contributed by atoms with Crippen LogP contribution in [0.2, 0.25) is 0 Å². The first-order valence-electron chi connectivity index (χ1n) is 7.95. The lowest BCUT2D eigenvalue weighted by Crippen LogP contribution is -1.90. The molecule has 0 spiro atoms. The largest absolute Gasteiger partial charge is 0.481 e. The third-order valence-electron chi connectivity index (χ3n) is 1.86. The molecule has 160 valence electrons. The summed E-state index contributed by atoms with van der Waals surface area (Å²) in [7, 11) is 0. The minimum absolute atomic E-state index is 0. The van der Waals surface area contributed by atoms with Crippen molar-refractivity contribution in [3.05, 3.63) is 0 Å². The van der Waals surface area contributed by atoms with E-state index in [1.807, 2.05) is 27.7 Å². The smallest absolute Gasteiger partial charge is 0.303 e. The van der Waals surface area contributed by atoms with Gasteiger partial charge in [0.15, 0.2) is 0 Å². The maximum atomic E-state index is 9.60. The molecule has 0 bridgehead atoms. The molecule has 8 nitrogen and oxygen atoms in total. The van der Waals surface area contributed by atoms with Crippen molar-refractivity contribution in [2.45, 2.75) is 79.1 Å². The second-order valence-corrected chi connectivity index (χ2v) is 4.57. The van der Waals surface area contributed by atoms with Crippen LogP contribution in [0.3, 0.4) is 0 Å². The number of aliphatic carboxylic acids is 4. The van der Waals surface area contributed by atoms with Crippen LogP contribution >= 0.6 is 24.8 Å². The van der Waals surface area contributed by atoms with Crippen molar-refractivity contribution in [3.63, 3.8) is 0 Å². The Kier molecular flexibility index (Phi) is 52.8. The van der Waals surface area contributed by atoms with Gasteiger partial charge >= 0.3 is 23.9 Å². The van der Waals surface area contributed by atoms with Gasteiger partial charge in [0, 0.05) is 25.7 Å². The van der Waals surface area contributed by atoms with Crippen molar-refractivity contribution in [1.82, 2.24) is 0 Å². The Hall–Kier alpha value is -1.54. The first-order valence-corrected chi connectivity index (χ1v) is 7.95. The topological polar surface area (TPSA) is 149 Å². The Morgan fingerprint density at radius 2 is 0.577 bits per heavy atom. The van der Waals surface area contributed by atoms with E-state index in [0.29, 0.717) is 25.7 Å². The zero-order valence-corrected chi connectivity index (χ0v) is 17.5. The van der Waals surface area contributed by atoms with Gasteiger partial charge in [-0.2, -0.15) is 0 Å². The number of carbonyl (C=O) groups is 4. The Balaban J connectivity index is -0.0000000500. The molecule has 10 heteroatoms. The van der Waals surface area contributed by atoms with E-state index in [1.54, 1.807) is 0 Å². The number of hydrogen-bond donors (Lipinski definition) is 4. The highest BCUT2D eigenvalue weighted by atomic mass is 35.5. The monoisotopic (exact) mass is 424 g/mol. The number of carboxylic acid groups (broad SMARTS) is 4. The molecule has 26 heavy (non-hydrogen) atoms. The minimum Gasteiger partial charge on any atom is -0.481 e. The van der Waals surface area contributed by atoms with E-state index in [9.17, 15) is 19.2 Å². The van der Waals surface area contributed by atoms with Crippen LogP contribution in [0.25, 0.3) is 0 Å². The zero-order chi connectivity index (χ0) is 20.0. The quantitative estimate of drug-likeness (QED) is 0.449. The van der Waals surface area contributed by atoms with Gasteiger partial charge in [0.2, 0.25) is 0 Å². The fourth-order valence-corrected chi connectivity index (χ4v) is 0.855. The summed E-state index contributed by atoms with van der Waals surface area (Å²) < 4.78 is 0. The summed E-state index contributed by atoms with van der Waals surface area (Å²) >= 11 is 0. The number of rotatable bonds is 8. The standard InChI is InChI=1S/4C4H8O2.2ClH/c4*1-2-3-4(5)6;;/h4*2-3H2,1H3,(H,5,6);2*1H. The van der Waals surface area contributed by atoms with Crippen LogP contribution < -0.4 is 0 Å². The minimum atomic E-state index is -0.711. The summed E-state index contributed by atoms with van der Waals surface area (Å²) in [4.78, 5) is 38.4. The lowest BCUT2D eigenvalue weighted by molar-refractivity contribution is -0.138. The van der Waals surface area contributed by atoms with Crippen LogP contribution in [0.5, 0.6) is 0 Å². The second-order valence-electron chi connectivity index (χ2n) is 4.57. The molecule has 0 amide bonds. The molecule has 0 rings (SSSR count). The van der Waals surface area contributed by atoms with Crippen LogP contribution in [0, 0.1) is 0 Å². The predicted octanol–water partition coefficient (Wildman–Crippen LogP) is 4.33. The van der Waals surface area contributed by atoms with Crippen molar-refractivity contribution in [2.24, 2.45) is 0 Å². The van der Waals surface area contributed by atoms with Crippen molar-refractivity contribution in [1.29, 1.82) is 0 Å². The molecule has 0 aromatic heterocycles. The molecule has 0 saturated carbocycles. The Morgan fingerprint density at radius 3 is 0.577 bits per heavy atom. The number of halogens is 2. The highest BCUT2D eigenvalue weighted by Gasteiger charge is 1.89. The van der Waals surface area contributed by atoms with Gasteiger partial charge < -0.3 is 20.4 Å². The molecule has 0 aromatic carbocycles. The molecule has 0 unspecified atom stereocenters. The maximum absolute atomic E-state index is 9.60. The Bertz CT molecular complexity index is 272. The van der Waals surface area contributed by atoms with Crippen LogP contribution in [-0.2, 0) is 19.2 Å². The van der Waals surface area contributed by atoms with Gasteiger partial charge in [-0.05, 0) is 25.7 Å². The summed E-state index contributed by atoms with van der Waals surface area (Å²) in [5.41, 5.74) is 0. The third kappa shape index (κ3) is 94.5. The normalized spacial score (nSPS) is 7.54. The van der Waals surface area contributed by atoms with E-state index < -0.39 is 23.9 Å². The number of carboxylic acids is 4. The van der Waals surface area contributed by atoms with Gasteiger partial charge in [0.1, 0.15) is 0 Å². The Labute approximate surface area is 167 Å². The van der Waals surface area contributed by atoms with Gasteiger partial charge in [-0.3, -0.25) is 19.2 Å². The van der Waals surface area contributed by atoms with E-state index in [1.165, 1.54) is 0 Å². The molecule has 4 N–H and O–H groups in total. The highest BCUT2D eigenvalue weighted by Crippen LogP contribution is 1.83. The molecule has 0 heterocycles. The molecule has 0 fully saturated rings. The molecule has 0 aliphatic carbocycles. The van der Waals surface area contributed by atoms with Gasteiger partial charge in [-0.15, -0.1) is 24.8 Å². The highest BCUT2D eigenvalue weighted by molar-refractivity contribution is 5.85. The molecule has 0 aliphatic rings. The second kappa shape index (κ2) is 34.7. The molecule has 0 aromatic rings. The molecule has 0 atom stereocenters. The van der Waals surface area contributed by atoms with Crippen LogP contribution in [0.1, 0.15) is 79.1 Å². The van der Waals surface area contributed by atoms with E-state index in [0.717, 1.165) is 25.7 Å². The average molecular weight is 425 g/mol. The predicted molar refractivity (Wildman–Crippen MR) is 105 cm³/mol. The molecular weight excluding hydrogens is 391 g/mol. The fourth-order valence-electron chi connectivity index (χ4n) is 0.855. The molecular formula is C16H34Cl2O8. The summed E-state index contributed by atoms with van der Waals surface area (Å²) in [5.74, 6) is -2.84. The van der Waals surface area contributed by atoms with E-state index in [2.05, 4.69) is 0 Å². The molecule has 0 saturated heterocycles. The third-order valence-corrected chi connectivity index (χ3v) is 1.86. The lowest BCUT2D eigenvalue weighted by atomic mass is 10.4. The van der Waals surface area contributed by atoms with Crippen LogP contribution in [0.4, 0.5) is 0 Å². The first-order chi connectivity index (χ1) is 11.1. The summed E-state index contributed by atoms with van der Waals surface area (Å²) in [5, 5.41) is 31.7. The lowest BCUT2D eigenvalue weighted by Gasteiger charge is -1.79. The van der Waals surface area contributed by atoms with E-state index >= 15 is 0 Å². The van der Waals surface area contributed by atoms with Gasteiger partial charge in [0.05, 0.1) is 0 Å². The fraction of sp³-hybridized carbons (Fsp3) is 0.750. The Morgan fingerprint density at radius 1 is 0.462 bits per heavy atom. The van der Waals surface area contributed by atoms with Crippen LogP contribution in [-0.4, -0.2) is 44.3 Å². The zero-order valence-electron chi connectivity index (χ0n) is 15.9. The molecule has 0 aliphatic heterocycles. The van der Waals surface area contributed by atoms with Crippen LogP contribution in [0.15, 0.2) is 0 Å². The SMILES string of the molecule is CCCC(=O)O.CCCC(=O)O.CCCC(=O)O.CCCC(=O)O.Cl.Cl. The summed E-state index contributed by atoms with van der Waals surface area (Å²) in [6.45, 7) is 7.37. The van der Waals surface area contributed by atoms with Gasteiger partial charge in [-0.1, -0.05) is 27.7 Å². The van der Waals surface area contributed by atoms with Gasteiger partial charge in [-0.25, -0.2) is 0 Å². The first kappa shape index (κ1) is 39.5. The molecule has 0 radical (unpaired) electrons. The summed E-state index contributed by atoms with van der Waals surface area (Å²) in [6, 6.07) is 0. The maximum Gasteiger partial charge on any atom is 0.303 e. The van der Waals surface area contributed by atoms with Crippen molar-refractivity contribution in [3.8, 4) is 0 Å². The van der Waals surface area contributed by atoms with Crippen molar-refractivity contribution >= 4 is 48.7 Å².